The molecule has 0 saturated heterocycles. The van der Waals surface area contributed by atoms with E-state index in [2.05, 4.69) is 52.1 Å². The molecule has 324 valence electrons. The van der Waals surface area contributed by atoms with Gasteiger partial charge >= 0.3 is 6.09 Å². The largest absolute Gasteiger partial charge is 0.444 e. The van der Waals surface area contributed by atoms with Crippen molar-refractivity contribution in [3.8, 4) is 0 Å². The monoisotopic (exact) mass is 848 g/mol. The van der Waals surface area contributed by atoms with Crippen molar-refractivity contribution in [1.82, 2.24) is 56.8 Å². The second kappa shape index (κ2) is 22.5. The number of nitrogens with zero attached hydrogens (tertiary/aromatic N) is 7. The van der Waals surface area contributed by atoms with E-state index in [0.29, 0.717) is 19.0 Å². The van der Waals surface area contributed by atoms with Gasteiger partial charge < -0.3 is 35.9 Å². The molecule has 3 aromatic carbocycles. The smallest absolute Gasteiger partial charge is 0.408 e. The SMILES string of the molecule is CC(C)(C)OC(=O)NC(C)(C)C(=O)N[C@H](COCc1ccccc1)c1nn[nH]n1.CC(c1ccccc1)n1nnnc1[C@@H](COCc1ccccc1)NC(=O)C(C)(C)N.Cl. The molecule has 5 rings (SSSR count). The highest BCUT2D eigenvalue weighted by Gasteiger charge is 2.34. The molecule has 0 bridgehead atoms. The fourth-order valence-corrected chi connectivity index (χ4v) is 5.29. The van der Waals surface area contributed by atoms with Gasteiger partial charge in [-0.2, -0.15) is 5.21 Å². The molecule has 60 heavy (non-hydrogen) atoms. The minimum absolute atomic E-state index is 0. The third-order valence-electron chi connectivity index (χ3n) is 8.52. The minimum atomic E-state index is -1.23. The summed E-state index contributed by atoms with van der Waals surface area (Å²) in [5, 5.41) is 34.3. The first-order valence-corrected chi connectivity index (χ1v) is 19.1. The molecule has 2 aromatic heterocycles. The van der Waals surface area contributed by atoms with Gasteiger partial charge in [0.15, 0.2) is 11.6 Å². The summed E-state index contributed by atoms with van der Waals surface area (Å²) in [6.07, 6.45) is -0.686. The predicted molar refractivity (Wildman–Crippen MR) is 225 cm³/mol. The van der Waals surface area contributed by atoms with Crippen LogP contribution in [-0.2, 0) is 37.0 Å². The first kappa shape index (κ1) is 48.5. The first-order valence-electron chi connectivity index (χ1n) is 19.1. The summed E-state index contributed by atoms with van der Waals surface area (Å²) in [6.45, 7) is 14.8. The van der Waals surface area contributed by atoms with Gasteiger partial charge in [-0.15, -0.1) is 27.7 Å². The van der Waals surface area contributed by atoms with E-state index in [9.17, 15) is 14.4 Å². The number of carbonyl (C=O) groups excluding carboxylic acids is 3. The van der Waals surface area contributed by atoms with E-state index >= 15 is 0 Å². The molecule has 1 unspecified atom stereocenters. The van der Waals surface area contributed by atoms with Gasteiger partial charge in [-0.1, -0.05) is 96.2 Å². The van der Waals surface area contributed by atoms with Crippen LogP contribution in [0.25, 0.3) is 0 Å². The van der Waals surface area contributed by atoms with E-state index in [0.717, 1.165) is 16.7 Å². The number of aromatic nitrogens is 8. The molecule has 3 amide bonds. The number of alkyl carbamates (subject to hydrolysis) is 1. The van der Waals surface area contributed by atoms with Crippen molar-refractivity contribution in [1.29, 1.82) is 0 Å². The van der Waals surface area contributed by atoms with Gasteiger partial charge in [0.05, 0.1) is 38.0 Å². The summed E-state index contributed by atoms with van der Waals surface area (Å²) in [5.74, 6) is 0.0377. The van der Waals surface area contributed by atoms with Crippen LogP contribution >= 0.6 is 12.4 Å². The summed E-state index contributed by atoms with van der Waals surface area (Å²) in [6, 6.07) is 28.1. The Bertz CT molecular complexity index is 2020. The van der Waals surface area contributed by atoms with Gasteiger partial charge in [-0.05, 0) is 82.5 Å². The number of rotatable bonds is 17. The van der Waals surface area contributed by atoms with Crippen LogP contribution in [0, 0.1) is 0 Å². The normalized spacial score (nSPS) is 13.0. The minimum Gasteiger partial charge on any atom is -0.444 e. The zero-order chi connectivity index (χ0) is 43.1. The highest BCUT2D eigenvalue weighted by molar-refractivity contribution is 5.89. The maximum atomic E-state index is 12.8. The van der Waals surface area contributed by atoms with Gasteiger partial charge in [0.1, 0.15) is 23.2 Å². The summed E-state index contributed by atoms with van der Waals surface area (Å²) in [5.41, 5.74) is 6.13. The number of carbonyl (C=O) groups is 3. The Morgan fingerprint density at radius 2 is 1.27 bits per heavy atom. The molecule has 2 heterocycles. The second-order valence-corrected chi connectivity index (χ2v) is 15.9. The zero-order valence-corrected chi connectivity index (χ0v) is 36.1. The van der Waals surface area contributed by atoms with E-state index in [1.807, 2.05) is 97.9 Å². The van der Waals surface area contributed by atoms with Crippen LogP contribution in [0.5, 0.6) is 0 Å². The topological polar surface area (TPSA) is 239 Å². The van der Waals surface area contributed by atoms with Crippen molar-refractivity contribution >= 4 is 30.3 Å². The lowest BCUT2D eigenvalue weighted by Crippen LogP contribution is -2.56. The Kier molecular flexibility index (Phi) is 18.2. The summed E-state index contributed by atoms with van der Waals surface area (Å²) < 4.78 is 18.5. The molecule has 18 nitrogen and oxygen atoms in total. The van der Waals surface area contributed by atoms with Crippen LogP contribution in [-0.4, -0.2) is 88.6 Å². The number of amides is 3. The highest BCUT2D eigenvalue weighted by atomic mass is 35.5. The van der Waals surface area contributed by atoms with Gasteiger partial charge in [0.2, 0.25) is 11.8 Å². The number of hydrogen-bond donors (Lipinski definition) is 5. The molecule has 0 aliphatic rings. The fraction of sp³-hybridized carbons (Fsp3) is 0.439. The molecule has 0 aliphatic carbocycles. The molecular weight excluding hydrogens is 792 g/mol. The van der Waals surface area contributed by atoms with Crippen molar-refractivity contribution in [3.05, 3.63) is 119 Å². The molecular formula is C41H57ClN12O6. The first-order chi connectivity index (χ1) is 27.9. The molecule has 6 N–H and O–H groups in total. The second-order valence-electron chi connectivity index (χ2n) is 15.9. The predicted octanol–water partition coefficient (Wildman–Crippen LogP) is 4.69. The van der Waals surface area contributed by atoms with Crippen molar-refractivity contribution in [2.75, 3.05) is 13.2 Å². The van der Waals surface area contributed by atoms with E-state index in [1.54, 1.807) is 53.1 Å². The maximum Gasteiger partial charge on any atom is 0.408 e. The number of hydrogen-bond acceptors (Lipinski definition) is 13. The maximum absolute atomic E-state index is 12.8. The number of nitrogens with one attached hydrogen (secondary N) is 4. The van der Waals surface area contributed by atoms with Crippen molar-refractivity contribution in [2.45, 2.75) is 103 Å². The molecule has 3 atom stereocenters. The third-order valence-corrected chi connectivity index (χ3v) is 8.52. The number of benzene rings is 3. The molecule has 5 aromatic rings. The van der Waals surface area contributed by atoms with Crippen molar-refractivity contribution < 1.29 is 28.6 Å². The van der Waals surface area contributed by atoms with Crippen LogP contribution < -0.4 is 21.7 Å². The van der Waals surface area contributed by atoms with E-state index < -0.39 is 40.8 Å². The van der Waals surface area contributed by atoms with Gasteiger partial charge in [-0.3, -0.25) is 9.59 Å². The average molecular weight is 849 g/mol. The molecule has 0 radical (unpaired) electrons. The molecule has 0 aliphatic heterocycles. The van der Waals surface area contributed by atoms with Crippen molar-refractivity contribution in [3.63, 3.8) is 0 Å². The molecule has 0 fully saturated rings. The molecule has 0 saturated carbocycles. The molecule has 19 heteroatoms. The number of tetrazole rings is 2. The summed E-state index contributed by atoms with van der Waals surface area (Å²) in [4.78, 5) is 37.4. The average Bonchev–Trinajstić information content (AvgIpc) is 3.91. The van der Waals surface area contributed by atoms with Gasteiger partial charge in [0, 0.05) is 0 Å². The van der Waals surface area contributed by atoms with E-state index in [-0.39, 0.29) is 43.4 Å². The summed E-state index contributed by atoms with van der Waals surface area (Å²) in [7, 11) is 0. The van der Waals surface area contributed by atoms with Crippen LogP contribution in [0.1, 0.15) is 102 Å². The van der Waals surface area contributed by atoms with Crippen LogP contribution in [0.2, 0.25) is 0 Å². The van der Waals surface area contributed by atoms with Crippen LogP contribution in [0.15, 0.2) is 91.0 Å². The highest BCUT2D eigenvalue weighted by Crippen LogP contribution is 2.22. The number of nitrogens with two attached hydrogens (primary N) is 1. The Hall–Kier alpha value is -5.82. The number of aromatic amines is 1. The van der Waals surface area contributed by atoms with E-state index in [4.69, 9.17) is 19.9 Å². The Morgan fingerprint density at radius 1 is 0.750 bits per heavy atom. The number of ether oxygens (including phenoxy) is 3. The number of H-pyrrole nitrogens is 1. The number of halogens is 1. The fourth-order valence-electron chi connectivity index (χ4n) is 5.29. The van der Waals surface area contributed by atoms with Gasteiger partial charge in [-0.25, -0.2) is 9.48 Å². The lowest BCUT2D eigenvalue weighted by Gasteiger charge is -2.29. The van der Waals surface area contributed by atoms with Crippen LogP contribution in [0.3, 0.4) is 0 Å². The van der Waals surface area contributed by atoms with E-state index in [1.165, 1.54) is 0 Å². The zero-order valence-electron chi connectivity index (χ0n) is 35.3. The van der Waals surface area contributed by atoms with Crippen molar-refractivity contribution in [2.24, 2.45) is 5.73 Å². The Labute approximate surface area is 356 Å². The standard InChI is InChI=1S/C22H28N6O2.C19H28N6O4.ClH/c1-16(18-12-8-5-9-13-18)28-20(25-26-27-28)19(24-21(29)22(2,3)23)15-30-14-17-10-6-4-7-11-17;1-18(2,3)29-17(27)21-19(4,5)16(26)20-14(15-22-24-25-23-15)12-28-11-13-9-7-6-8-10-13;/h4-13,16,19H,14-15,23H2,1-3H3,(H,24,29);6-10,14H,11-12H2,1-5H3,(H,20,26)(H,21,27)(H,22,23,24,25);1H/t16?,19-;14-;/m11./s1. The Morgan fingerprint density at radius 3 is 1.77 bits per heavy atom. The lowest BCUT2D eigenvalue weighted by atomic mass is 10.0. The molecule has 0 spiro atoms. The van der Waals surface area contributed by atoms with Gasteiger partial charge in [0.25, 0.3) is 0 Å². The summed E-state index contributed by atoms with van der Waals surface area (Å²) >= 11 is 0. The third kappa shape index (κ3) is 15.7. The lowest BCUT2D eigenvalue weighted by molar-refractivity contribution is -0.128. The quantitative estimate of drug-likeness (QED) is 0.0855. The Balaban J connectivity index is 0.000000315. The van der Waals surface area contributed by atoms with Crippen LogP contribution in [0.4, 0.5) is 4.79 Å².